The minimum Gasteiger partial charge on any atom is -0.362 e. The molecule has 1 aliphatic rings. The summed E-state index contributed by atoms with van der Waals surface area (Å²) in [6.45, 7) is 0. The molecule has 1 aromatic heterocycles. The molecule has 0 saturated carbocycles. The van der Waals surface area contributed by atoms with Crippen LogP contribution >= 0.6 is 11.3 Å². The Morgan fingerprint density at radius 2 is 1.56 bits per heavy atom. The van der Waals surface area contributed by atoms with Crippen molar-refractivity contribution in [2.75, 3.05) is 5.01 Å². The van der Waals surface area contributed by atoms with Crippen molar-refractivity contribution in [1.29, 1.82) is 0 Å². The number of thiazole rings is 1. The summed E-state index contributed by atoms with van der Waals surface area (Å²) in [6.07, 6.45) is -5.56. The Bertz CT molecular complexity index is 973. The summed E-state index contributed by atoms with van der Waals surface area (Å²) < 4.78 is 41.1. The Labute approximate surface area is 157 Å². The topological polar surface area (TPSA) is 48.7 Å². The third-order valence-electron chi connectivity index (χ3n) is 4.29. The van der Waals surface area contributed by atoms with Gasteiger partial charge in [0, 0.05) is 10.9 Å². The normalized spacial score (nSPS) is 20.0. The Morgan fingerprint density at radius 1 is 0.963 bits per heavy atom. The minimum absolute atomic E-state index is 0.0143. The molecule has 0 amide bonds. The van der Waals surface area contributed by atoms with E-state index in [0.29, 0.717) is 16.3 Å². The SMILES string of the molecule is O[C@]1(C(F)(F)F)CC(c2ccccc2)=NN1c1nc(-c2ccccc2)cs1. The average Bonchev–Trinajstić information content (AvgIpc) is 3.28. The summed E-state index contributed by atoms with van der Waals surface area (Å²) in [5, 5.41) is 16.8. The standard InChI is InChI=1S/C19H14F3N3OS/c20-19(21,22)18(26)11-15(13-7-3-1-4-8-13)24-25(18)17-23-16(12-27-17)14-9-5-2-6-10-14/h1-10,12,26H,11H2/t18-/m0/s1. The van der Waals surface area contributed by atoms with Gasteiger partial charge in [0.1, 0.15) is 0 Å². The van der Waals surface area contributed by atoms with Crippen molar-refractivity contribution in [3.63, 3.8) is 0 Å². The van der Waals surface area contributed by atoms with Crippen LogP contribution in [0.3, 0.4) is 0 Å². The van der Waals surface area contributed by atoms with Gasteiger partial charge < -0.3 is 5.11 Å². The first-order valence-electron chi connectivity index (χ1n) is 8.12. The second kappa shape index (κ2) is 6.47. The lowest BCUT2D eigenvalue weighted by atomic mass is 10.0. The summed E-state index contributed by atoms with van der Waals surface area (Å²) in [6, 6.07) is 17.6. The summed E-state index contributed by atoms with van der Waals surface area (Å²) in [7, 11) is 0. The van der Waals surface area contributed by atoms with Crippen LogP contribution in [-0.4, -0.2) is 27.7 Å². The first-order chi connectivity index (χ1) is 12.9. The van der Waals surface area contributed by atoms with Gasteiger partial charge in [-0.05, 0) is 5.56 Å². The molecule has 1 aliphatic heterocycles. The fourth-order valence-electron chi connectivity index (χ4n) is 2.86. The minimum atomic E-state index is -4.90. The molecule has 0 saturated heterocycles. The number of nitrogens with zero attached hydrogens (tertiary/aromatic N) is 3. The Kier molecular flexibility index (Phi) is 4.24. The molecule has 0 aliphatic carbocycles. The fraction of sp³-hybridized carbons (Fsp3) is 0.158. The molecule has 2 aromatic carbocycles. The maximum Gasteiger partial charge on any atom is 0.438 e. The van der Waals surface area contributed by atoms with E-state index in [9.17, 15) is 18.3 Å². The van der Waals surface area contributed by atoms with E-state index in [1.807, 2.05) is 30.3 Å². The van der Waals surface area contributed by atoms with Gasteiger partial charge in [-0.15, -0.1) is 11.3 Å². The van der Waals surface area contributed by atoms with Crippen molar-refractivity contribution in [2.24, 2.45) is 5.10 Å². The van der Waals surface area contributed by atoms with Gasteiger partial charge in [0.25, 0.3) is 5.72 Å². The van der Waals surface area contributed by atoms with Gasteiger partial charge in [0.2, 0.25) is 5.13 Å². The summed E-state index contributed by atoms with van der Waals surface area (Å²) in [5.41, 5.74) is -1.14. The summed E-state index contributed by atoms with van der Waals surface area (Å²) in [4.78, 5) is 4.28. The largest absolute Gasteiger partial charge is 0.438 e. The van der Waals surface area contributed by atoms with Crippen molar-refractivity contribution in [1.82, 2.24) is 4.98 Å². The lowest BCUT2D eigenvalue weighted by Gasteiger charge is -2.32. The molecule has 138 valence electrons. The van der Waals surface area contributed by atoms with E-state index in [-0.39, 0.29) is 10.8 Å². The molecule has 2 heterocycles. The van der Waals surface area contributed by atoms with Crippen LogP contribution in [0, 0.1) is 0 Å². The zero-order valence-corrected chi connectivity index (χ0v) is 14.7. The van der Waals surface area contributed by atoms with Crippen LogP contribution in [-0.2, 0) is 0 Å². The molecule has 8 heteroatoms. The highest BCUT2D eigenvalue weighted by Gasteiger charge is 2.62. The van der Waals surface area contributed by atoms with Crippen LogP contribution in [0.2, 0.25) is 0 Å². The van der Waals surface area contributed by atoms with Crippen LogP contribution in [0.5, 0.6) is 0 Å². The number of hydrogen-bond donors (Lipinski definition) is 1. The van der Waals surface area contributed by atoms with Gasteiger partial charge in [0.05, 0.1) is 17.8 Å². The third kappa shape index (κ3) is 3.11. The van der Waals surface area contributed by atoms with E-state index in [2.05, 4.69) is 10.1 Å². The quantitative estimate of drug-likeness (QED) is 0.708. The lowest BCUT2D eigenvalue weighted by Crippen LogP contribution is -2.55. The zero-order chi connectivity index (χ0) is 19.1. The number of aromatic nitrogens is 1. The van der Waals surface area contributed by atoms with Gasteiger partial charge in [-0.1, -0.05) is 60.7 Å². The number of rotatable bonds is 3. The van der Waals surface area contributed by atoms with E-state index >= 15 is 0 Å². The van der Waals surface area contributed by atoms with Gasteiger partial charge in [-0.2, -0.15) is 23.3 Å². The van der Waals surface area contributed by atoms with E-state index in [4.69, 9.17) is 0 Å². The van der Waals surface area contributed by atoms with E-state index in [1.54, 1.807) is 35.7 Å². The molecule has 0 spiro atoms. The van der Waals surface area contributed by atoms with Crippen LogP contribution in [0.1, 0.15) is 12.0 Å². The van der Waals surface area contributed by atoms with Gasteiger partial charge in [-0.25, -0.2) is 4.98 Å². The van der Waals surface area contributed by atoms with Crippen LogP contribution in [0.15, 0.2) is 71.1 Å². The number of halogens is 3. The predicted octanol–water partition coefficient (Wildman–Crippen LogP) is 4.68. The van der Waals surface area contributed by atoms with Crippen LogP contribution in [0.4, 0.5) is 18.3 Å². The molecular formula is C19H14F3N3OS. The number of benzene rings is 2. The molecular weight excluding hydrogens is 375 g/mol. The maximum atomic E-state index is 13.7. The number of aliphatic hydroxyl groups is 1. The van der Waals surface area contributed by atoms with Crippen LogP contribution in [0.25, 0.3) is 11.3 Å². The molecule has 4 nitrogen and oxygen atoms in total. The highest BCUT2D eigenvalue weighted by molar-refractivity contribution is 7.14. The Balaban J connectivity index is 1.76. The Morgan fingerprint density at radius 3 is 2.15 bits per heavy atom. The second-order valence-electron chi connectivity index (χ2n) is 6.10. The first kappa shape index (κ1) is 17.7. The molecule has 3 aromatic rings. The lowest BCUT2D eigenvalue weighted by molar-refractivity contribution is -0.254. The third-order valence-corrected chi connectivity index (χ3v) is 5.11. The monoisotopic (exact) mass is 389 g/mol. The smallest absolute Gasteiger partial charge is 0.362 e. The maximum absolute atomic E-state index is 13.7. The van der Waals surface area contributed by atoms with E-state index in [0.717, 1.165) is 16.9 Å². The molecule has 27 heavy (non-hydrogen) atoms. The van der Waals surface area contributed by atoms with Crippen molar-refractivity contribution in [3.8, 4) is 11.3 Å². The highest BCUT2D eigenvalue weighted by atomic mass is 32.1. The Hall–Kier alpha value is -2.71. The molecule has 0 bridgehead atoms. The summed E-state index contributed by atoms with van der Waals surface area (Å²) in [5.74, 6) is 0. The second-order valence-corrected chi connectivity index (χ2v) is 6.93. The van der Waals surface area contributed by atoms with Gasteiger partial charge in [-0.3, -0.25) is 0 Å². The fourth-order valence-corrected chi connectivity index (χ4v) is 3.71. The highest BCUT2D eigenvalue weighted by Crippen LogP contribution is 2.45. The van der Waals surface area contributed by atoms with Crippen molar-refractivity contribution in [3.05, 3.63) is 71.6 Å². The van der Waals surface area contributed by atoms with E-state index in [1.165, 1.54) is 0 Å². The average molecular weight is 389 g/mol. The number of hydrogen-bond acceptors (Lipinski definition) is 5. The zero-order valence-electron chi connectivity index (χ0n) is 13.9. The van der Waals surface area contributed by atoms with Crippen molar-refractivity contribution in [2.45, 2.75) is 18.3 Å². The van der Waals surface area contributed by atoms with Crippen LogP contribution < -0.4 is 5.01 Å². The van der Waals surface area contributed by atoms with E-state index < -0.39 is 18.3 Å². The number of anilines is 1. The molecule has 0 radical (unpaired) electrons. The molecule has 4 rings (SSSR count). The van der Waals surface area contributed by atoms with Gasteiger partial charge in [0.15, 0.2) is 0 Å². The van der Waals surface area contributed by atoms with Crippen molar-refractivity contribution >= 4 is 22.2 Å². The molecule has 0 unspecified atom stereocenters. The number of hydrazone groups is 1. The predicted molar refractivity (Wildman–Crippen MR) is 98.6 cm³/mol. The first-order valence-corrected chi connectivity index (χ1v) is 9.00. The van der Waals surface area contributed by atoms with Crippen molar-refractivity contribution < 1.29 is 18.3 Å². The molecule has 1 atom stereocenters. The molecule has 1 N–H and O–H groups in total. The number of alkyl halides is 3. The molecule has 0 fully saturated rings. The summed E-state index contributed by atoms with van der Waals surface area (Å²) >= 11 is 1.01. The van der Waals surface area contributed by atoms with Gasteiger partial charge >= 0.3 is 6.18 Å².